The first-order chi connectivity index (χ1) is 12.9. The average molecular weight is 366 g/mol. The molecule has 0 saturated carbocycles. The number of H-pyrrole nitrogens is 1. The van der Waals surface area contributed by atoms with Crippen LogP contribution in [0.2, 0.25) is 0 Å². The van der Waals surface area contributed by atoms with Crippen LogP contribution < -0.4 is 0 Å². The van der Waals surface area contributed by atoms with Crippen LogP contribution >= 0.6 is 0 Å². The monoisotopic (exact) mass is 366 g/mol. The van der Waals surface area contributed by atoms with Gasteiger partial charge in [-0.25, -0.2) is 0 Å². The third-order valence-corrected chi connectivity index (χ3v) is 4.33. The number of aromatic amines is 1. The lowest BCUT2D eigenvalue weighted by Gasteiger charge is -2.05. The molecule has 0 radical (unpaired) electrons. The number of allylic oxidation sites excluding steroid dienone is 1. The number of pyridine rings is 1. The summed E-state index contributed by atoms with van der Waals surface area (Å²) in [5.74, 6) is -0.327. The molecule has 0 saturated heterocycles. The smallest absolute Gasteiger partial charge is 0.353 e. The molecule has 27 heavy (non-hydrogen) atoms. The Morgan fingerprint density at radius 2 is 1.70 bits per heavy atom. The van der Waals surface area contributed by atoms with Gasteiger partial charge in [0.15, 0.2) is 0 Å². The zero-order valence-electron chi connectivity index (χ0n) is 13.9. The molecule has 0 aliphatic carbocycles. The van der Waals surface area contributed by atoms with E-state index in [0.29, 0.717) is 11.1 Å². The highest BCUT2D eigenvalue weighted by Gasteiger charge is 2.29. The Hall–Kier alpha value is -3.41. The molecular weight excluding hydrogens is 353 g/mol. The second-order valence-electron chi connectivity index (χ2n) is 6.07. The minimum absolute atomic E-state index is 0.270. The molecule has 0 fully saturated rings. The van der Waals surface area contributed by atoms with Crippen LogP contribution in [-0.2, 0) is 6.18 Å². The van der Waals surface area contributed by atoms with Crippen LogP contribution in [0.25, 0.3) is 27.9 Å². The van der Waals surface area contributed by atoms with Gasteiger partial charge in [-0.1, -0.05) is 36.4 Å². The van der Waals surface area contributed by atoms with Crippen molar-refractivity contribution >= 4 is 33.7 Å². The molecule has 2 aromatic heterocycles. The van der Waals surface area contributed by atoms with Crippen LogP contribution in [0, 0.1) is 0 Å². The molecule has 0 atom stereocenters. The highest BCUT2D eigenvalue weighted by molar-refractivity contribution is 6.17. The van der Waals surface area contributed by atoms with Gasteiger partial charge >= 0.3 is 6.18 Å². The van der Waals surface area contributed by atoms with Crippen molar-refractivity contribution in [2.24, 2.45) is 0 Å². The molecule has 4 rings (SSSR count). The fourth-order valence-corrected chi connectivity index (χ4v) is 3.00. The van der Waals surface area contributed by atoms with E-state index in [-0.39, 0.29) is 11.5 Å². The van der Waals surface area contributed by atoms with Crippen LogP contribution in [0.5, 0.6) is 0 Å². The molecule has 0 spiro atoms. The quantitative estimate of drug-likeness (QED) is 0.377. The van der Waals surface area contributed by atoms with E-state index < -0.39 is 11.7 Å². The van der Waals surface area contributed by atoms with Crippen LogP contribution in [0.4, 0.5) is 13.2 Å². The minimum atomic E-state index is -4.38. The number of carbonyl (C=O) groups excluding carboxylic acids is 1. The number of halogens is 3. The third-order valence-electron chi connectivity index (χ3n) is 4.33. The minimum Gasteiger partial charge on any atom is -0.353 e. The van der Waals surface area contributed by atoms with E-state index in [1.807, 2.05) is 30.3 Å². The van der Waals surface area contributed by atoms with Crippen molar-refractivity contribution in [3.8, 4) is 0 Å². The van der Waals surface area contributed by atoms with Gasteiger partial charge in [-0.3, -0.25) is 9.78 Å². The molecule has 0 amide bonds. The number of nitrogens with zero attached hydrogens (tertiary/aromatic N) is 1. The van der Waals surface area contributed by atoms with Gasteiger partial charge in [0.25, 0.3) is 0 Å². The van der Waals surface area contributed by atoms with Gasteiger partial charge in [-0.15, -0.1) is 0 Å². The maximum Gasteiger partial charge on any atom is 0.416 e. The molecule has 2 aromatic carbocycles. The summed E-state index contributed by atoms with van der Waals surface area (Å²) in [5.41, 5.74) is 1.59. The highest BCUT2D eigenvalue weighted by atomic mass is 19.4. The van der Waals surface area contributed by atoms with Gasteiger partial charge in [0, 0.05) is 22.5 Å². The number of aromatic nitrogens is 2. The van der Waals surface area contributed by atoms with Crippen molar-refractivity contribution in [3.05, 3.63) is 83.7 Å². The Morgan fingerprint density at radius 3 is 2.44 bits per heavy atom. The maximum absolute atomic E-state index is 12.6. The van der Waals surface area contributed by atoms with Crippen molar-refractivity contribution in [2.45, 2.75) is 6.18 Å². The van der Waals surface area contributed by atoms with Crippen molar-refractivity contribution in [1.29, 1.82) is 0 Å². The van der Waals surface area contributed by atoms with Gasteiger partial charge < -0.3 is 4.98 Å². The zero-order valence-corrected chi connectivity index (χ0v) is 13.9. The Kier molecular flexibility index (Phi) is 4.03. The first kappa shape index (κ1) is 17.0. The predicted octanol–water partition coefficient (Wildman–Crippen LogP) is 5.63. The van der Waals surface area contributed by atoms with E-state index in [9.17, 15) is 18.0 Å². The Labute approximate surface area is 152 Å². The van der Waals surface area contributed by atoms with E-state index in [2.05, 4.69) is 9.97 Å². The highest BCUT2D eigenvalue weighted by Crippen LogP contribution is 2.29. The van der Waals surface area contributed by atoms with E-state index in [1.165, 1.54) is 24.3 Å². The van der Waals surface area contributed by atoms with Gasteiger partial charge in [-0.05, 0) is 35.9 Å². The second-order valence-corrected chi connectivity index (χ2v) is 6.07. The van der Waals surface area contributed by atoms with Gasteiger partial charge in [0.2, 0.25) is 5.78 Å². The van der Waals surface area contributed by atoms with E-state index in [0.717, 1.165) is 28.4 Å². The first-order valence-electron chi connectivity index (χ1n) is 8.18. The van der Waals surface area contributed by atoms with Crippen LogP contribution in [-0.4, -0.2) is 15.8 Å². The standard InChI is InChI=1S/C21H13F3N2O/c22-21(23,24)14-8-5-13(6-9-14)7-10-18(27)20-19-16(11-12-25-20)15-3-1-2-4-17(15)26-19/h1-12,26H/b10-7+. The first-order valence-corrected chi connectivity index (χ1v) is 8.18. The Morgan fingerprint density at radius 1 is 0.963 bits per heavy atom. The topological polar surface area (TPSA) is 45.8 Å². The summed E-state index contributed by atoms with van der Waals surface area (Å²) in [5, 5.41) is 1.89. The lowest BCUT2D eigenvalue weighted by Crippen LogP contribution is -2.04. The van der Waals surface area contributed by atoms with Crippen molar-refractivity contribution in [2.75, 3.05) is 0 Å². The van der Waals surface area contributed by atoms with Gasteiger partial charge in [-0.2, -0.15) is 13.2 Å². The molecule has 0 aliphatic heterocycles. The van der Waals surface area contributed by atoms with Crippen molar-refractivity contribution in [3.63, 3.8) is 0 Å². The predicted molar refractivity (Wildman–Crippen MR) is 98.4 cm³/mol. The molecular formula is C21H13F3N2O. The second kappa shape index (κ2) is 6.39. The number of hydrogen-bond acceptors (Lipinski definition) is 2. The molecule has 134 valence electrons. The zero-order chi connectivity index (χ0) is 19.0. The fraction of sp³-hybridized carbons (Fsp3) is 0.0476. The summed E-state index contributed by atoms with van der Waals surface area (Å²) in [6.07, 6.45) is -0.0173. The number of rotatable bonds is 3. The summed E-state index contributed by atoms with van der Waals surface area (Å²) in [6, 6.07) is 14.2. The number of carbonyl (C=O) groups is 1. The molecule has 3 nitrogen and oxygen atoms in total. The van der Waals surface area contributed by atoms with Crippen LogP contribution in [0.1, 0.15) is 21.6 Å². The van der Waals surface area contributed by atoms with E-state index in [4.69, 9.17) is 0 Å². The average Bonchev–Trinajstić information content (AvgIpc) is 3.04. The molecule has 0 aliphatic rings. The molecule has 4 aromatic rings. The molecule has 6 heteroatoms. The number of hydrogen-bond donors (Lipinski definition) is 1. The number of benzene rings is 2. The third kappa shape index (κ3) is 3.21. The van der Waals surface area contributed by atoms with Gasteiger partial charge in [0.1, 0.15) is 5.69 Å². The largest absolute Gasteiger partial charge is 0.416 e. The summed E-state index contributed by atoms with van der Waals surface area (Å²) in [4.78, 5) is 20.0. The van der Waals surface area contributed by atoms with Crippen LogP contribution in [0.3, 0.4) is 0 Å². The Balaban J connectivity index is 1.66. The lowest BCUT2D eigenvalue weighted by atomic mass is 10.1. The number of ketones is 1. The van der Waals surface area contributed by atoms with Crippen LogP contribution in [0.15, 0.2) is 66.9 Å². The molecule has 0 bridgehead atoms. The van der Waals surface area contributed by atoms with Gasteiger partial charge in [0.05, 0.1) is 11.1 Å². The number of fused-ring (bicyclic) bond motifs is 3. The summed E-state index contributed by atoms with van der Waals surface area (Å²) < 4.78 is 37.8. The molecule has 1 N–H and O–H groups in total. The molecule has 2 heterocycles. The summed E-state index contributed by atoms with van der Waals surface area (Å²) >= 11 is 0. The number of alkyl halides is 3. The SMILES string of the molecule is O=C(/C=C/c1ccc(C(F)(F)F)cc1)c1nccc2c1[nH]c1ccccc12. The van der Waals surface area contributed by atoms with Crippen molar-refractivity contribution < 1.29 is 18.0 Å². The fourth-order valence-electron chi connectivity index (χ4n) is 3.00. The maximum atomic E-state index is 12.6. The lowest BCUT2D eigenvalue weighted by molar-refractivity contribution is -0.137. The summed E-state index contributed by atoms with van der Waals surface area (Å²) in [7, 11) is 0. The Bertz CT molecular complexity index is 1170. The number of para-hydroxylation sites is 1. The van der Waals surface area contributed by atoms with E-state index >= 15 is 0 Å². The van der Waals surface area contributed by atoms with E-state index in [1.54, 1.807) is 6.20 Å². The normalized spacial score (nSPS) is 12.3. The van der Waals surface area contributed by atoms with Crippen molar-refractivity contribution in [1.82, 2.24) is 9.97 Å². The summed E-state index contributed by atoms with van der Waals surface area (Å²) in [6.45, 7) is 0. The number of nitrogens with one attached hydrogen (secondary N) is 1. The molecule has 0 unspecified atom stereocenters.